The highest BCUT2D eigenvalue weighted by Crippen LogP contribution is 2.20. The van der Waals surface area contributed by atoms with E-state index >= 15 is 0 Å². The Hall–Kier alpha value is -3.75. The minimum Gasteiger partial charge on any atom is -0.339 e. The summed E-state index contributed by atoms with van der Waals surface area (Å²) >= 11 is 0. The first-order valence-electron chi connectivity index (χ1n) is 8.02. The first kappa shape index (κ1) is 19.0. The van der Waals surface area contributed by atoms with E-state index in [1.165, 1.54) is 19.1 Å². The van der Waals surface area contributed by atoms with Crippen molar-refractivity contribution in [1.82, 2.24) is 10.2 Å². The number of ketones is 1. The van der Waals surface area contributed by atoms with Gasteiger partial charge < -0.3 is 10.6 Å². The fourth-order valence-corrected chi connectivity index (χ4v) is 2.29. The summed E-state index contributed by atoms with van der Waals surface area (Å²) in [6, 6.07) is 11.1. The van der Waals surface area contributed by atoms with E-state index in [-0.39, 0.29) is 11.5 Å². The highest BCUT2D eigenvalue weighted by Gasteiger charge is 2.17. The molecule has 6 nitrogen and oxygen atoms in total. The topological polar surface area (TPSA) is 84.0 Å². The van der Waals surface area contributed by atoms with E-state index in [4.69, 9.17) is 0 Å². The molecule has 1 amide bonds. The number of amides is 1. The molecule has 0 fully saturated rings. The van der Waals surface area contributed by atoms with Crippen LogP contribution in [0.5, 0.6) is 0 Å². The fraction of sp³-hybridized carbons (Fsp3) is 0.0526. The molecule has 0 aliphatic rings. The van der Waals surface area contributed by atoms with E-state index in [1.807, 2.05) is 0 Å². The fourth-order valence-electron chi connectivity index (χ4n) is 2.29. The second-order valence-electron chi connectivity index (χ2n) is 5.74. The van der Waals surface area contributed by atoms with E-state index in [9.17, 15) is 22.8 Å². The van der Waals surface area contributed by atoms with Gasteiger partial charge >= 0.3 is 0 Å². The normalized spacial score (nSPS) is 10.4. The van der Waals surface area contributed by atoms with Crippen LogP contribution in [0.3, 0.4) is 0 Å². The zero-order chi connectivity index (χ0) is 20.3. The lowest BCUT2D eigenvalue weighted by Gasteiger charge is -2.08. The third-order valence-electron chi connectivity index (χ3n) is 3.72. The number of halogens is 3. The van der Waals surface area contributed by atoms with Crippen molar-refractivity contribution in [3.8, 4) is 0 Å². The molecule has 3 rings (SSSR count). The number of carbonyl (C=O) groups excluding carboxylic acids is 2. The standard InChI is InChI=1S/C19H13F3N4O2/c1-10(27)11-3-2-4-12(9-11)23-16-8-7-15(25-26-16)19(28)24-14-6-5-13(20)17(21)18(14)22/h2-9H,1H3,(H,23,26)(H,24,28). The monoisotopic (exact) mass is 386 g/mol. The summed E-state index contributed by atoms with van der Waals surface area (Å²) < 4.78 is 39.8. The third kappa shape index (κ3) is 4.14. The first-order chi connectivity index (χ1) is 13.3. The van der Waals surface area contributed by atoms with E-state index in [2.05, 4.69) is 20.8 Å². The summed E-state index contributed by atoms with van der Waals surface area (Å²) in [6.45, 7) is 1.45. The van der Waals surface area contributed by atoms with E-state index in [1.54, 1.807) is 24.3 Å². The first-order valence-corrected chi connectivity index (χ1v) is 8.02. The lowest BCUT2D eigenvalue weighted by Crippen LogP contribution is -2.16. The number of nitrogens with zero attached hydrogens (tertiary/aromatic N) is 2. The summed E-state index contributed by atoms with van der Waals surface area (Å²) in [5, 5.41) is 12.6. The molecule has 1 aromatic heterocycles. The molecule has 2 aromatic carbocycles. The van der Waals surface area contributed by atoms with Gasteiger partial charge in [0.1, 0.15) is 0 Å². The summed E-state index contributed by atoms with van der Waals surface area (Å²) in [4.78, 5) is 23.5. The Morgan fingerprint density at radius 2 is 1.71 bits per heavy atom. The van der Waals surface area contributed by atoms with Crippen LogP contribution in [-0.2, 0) is 0 Å². The van der Waals surface area contributed by atoms with E-state index in [0.717, 1.165) is 6.07 Å². The number of nitrogens with one attached hydrogen (secondary N) is 2. The molecule has 9 heteroatoms. The van der Waals surface area contributed by atoms with Crippen molar-refractivity contribution in [3.05, 3.63) is 77.2 Å². The molecule has 0 bridgehead atoms. The molecule has 0 aliphatic carbocycles. The SMILES string of the molecule is CC(=O)c1cccc(Nc2ccc(C(=O)Nc3ccc(F)c(F)c3F)nn2)c1. The minimum absolute atomic E-state index is 0.0915. The zero-order valence-electron chi connectivity index (χ0n) is 14.5. The van der Waals surface area contributed by atoms with Crippen LogP contribution >= 0.6 is 0 Å². The van der Waals surface area contributed by atoms with Gasteiger partial charge in [-0.1, -0.05) is 12.1 Å². The summed E-state index contributed by atoms with van der Waals surface area (Å²) in [5.41, 5.74) is 0.437. The Morgan fingerprint density at radius 1 is 0.929 bits per heavy atom. The molecular formula is C19H13F3N4O2. The van der Waals surface area contributed by atoms with Gasteiger partial charge in [-0.2, -0.15) is 0 Å². The minimum atomic E-state index is -1.68. The van der Waals surface area contributed by atoms with Gasteiger partial charge in [-0.25, -0.2) is 13.2 Å². The van der Waals surface area contributed by atoms with Crippen LogP contribution in [0.15, 0.2) is 48.5 Å². The van der Waals surface area contributed by atoms with Crippen LogP contribution in [0.1, 0.15) is 27.8 Å². The van der Waals surface area contributed by atoms with Gasteiger partial charge in [0.2, 0.25) is 0 Å². The molecule has 0 spiro atoms. The predicted octanol–water partition coefficient (Wildman–Crippen LogP) is 4.09. The van der Waals surface area contributed by atoms with Crippen molar-refractivity contribution >= 4 is 28.9 Å². The van der Waals surface area contributed by atoms with Crippen molar-refractivity contribution in [2.75, 3.05) is 10.6 Å². The third-order valence-corrected chi connectivity index (χ3v) is 3.72. The molecule has 0 unspecified atom stereocenters. The van der Waals surface area contributed by atoms with Crippen LogP contribution in [-0.4, -0.2) is 21.9 Å². The largest absolute Gasteiger partial charge is 0.339 e. The molecule has 0 saturated carbocycles. The van der Waals surface area contributed by atoms with E-state index < -0.39 is 29.0 Å². The maximum atomic E-state index is 13.6. The maximum absolute atomic E-state index is 13.6. The number of rotatable bonds is 5. The predicted molar refractivity (Wildman–Crippen MR) is 96.0 cm³/mol. The molecule has 1 heterocycles. The molecule has 3 aromatic rings. The maximum Gasteiger partial charge on any atom is 0.276 e. The molecule has 142 valence electrons. The summed E-state index contributed by atoms with van der Waals surface area (Å²) in [7, 11) is 0. The Bertz CT molecular complexity index is 1060. The zero-order valence-corrected chi connectivity index (χ0v) is 14.5. The van der Waals surface area contributed by atoms with Gasteiger partial charge in [-0.05, 0) is 43.3 Å². The molecule has 2 N–H and O–H groups in total. The lowest BCUT2D eigenvalue weighted by atomic mass is 10.1. The van der Waals surface area contributed by atoms with Crippen molar-refractivity contribution in [2.45, 2.75) is 6.92 Å². The van der Waals surface area contributed by atoms with Gasteiger partial charge in [0, 0.05) is 11.3 Å². The molecule has 0 atom stereocenters. The second-order valence-corrected chi connectivity index (χ2v) is 5.74. The summed E-state index contributed by atoms with van der Waals surface area (Å²) in [5.74, 6) is -5.19. The number of benzene rings is 2. The van der Waals surface area contributed by atoms with Gasteiger partial charge in [-0.15, -0.1) is 10.2 Å². The number of hydrogen-bond acceptors (Lipinski definition) is 5. The van der Waals surface area contributed by atoms with Gasteiger partial charge in [0.05, 0.1) is 5.69 Å². The van der Waals surface area contributed by atoms with Crippen LogP contribution in [0.2, 0.25) is 0 Å². The van der Waals surface area contributed by atoms with Crippen molar-refractivity contribution in [2.24, 2.45) is 0 Å². The lowest BCUT2D eigenvalue weighted by molar-refractivity contribution is 0.101. The van der Waals surface area contributed by atoms with Crippen LogP contribution in [0, 0.1) is 17.5 Å². The number of hydrogen-bond donors (Lipinski definition) is 2. The molecule has 0 saturated heterocycles. The van der Waals surface area contributed by atoms with Crippen molar-refractivity contribution < 1.29 is 22.8 Å². The average Bonchev–Trinajstić information content (AvgIpc) is 2.69. The van der Waals surface area contributed by atoms with Gasteiger partial charge in [0.25, 0.3) is 5.91 Å². The van der Waals surface area contributed by atoms with Gasteiger partial charge in [-0.3, -0.25) is 9.59 Å². The molecular weight excluding hydrogens is 373 g/mol. The molecule has 28 heavy (non-hydrogen) atoms. The van der Waals surface area contributed by atoms with Crippen molar-refractivity contribution in [3.63, 3.8) is 0 Å². The number of Topliss-reactive ketones (excluding diaryl/α,β-unsaturated/α-hetero) is 1. The van der Waals surface area contributed by atoms with Crippen LogP contribution < -0.4 is 10.6 Å². The number of carbonyl (C=O) groups is 2. The van der Waals surface area contributed by atoms with Crippen molar-refractivity contribution in [1.29, 1.82) is 0 Å². The molecule has 0 aliphatic heterocycles. The highest BCUT2D eigenvalue weighted by molar-refractivity contribution is 6.02. The van der Waals surface area contributed by atoms with Crippen LogP contribution in [0.25, 0.3) is 0 Å². The summed E-state index contributed by atoms with van der Waals surface area (Å²) in [6.07, 6.45) is 0. The second kappa shape index (κ2) is 7.87. The molecule has 0 radical (unpaired) electrons. The van der Waals surface area contributed by atoms with E-state index in [0.29, 0.717) is 23.1 Å². The Balaban J connectivity index is 1.72. The number of anilines is 3. The average molecular weight is 386 g/mol. The van der Waals surface area contributed by atoms with Gasteiger partial charge in [0.15, 0.2) is 34.7 Å². The Morgan fingerprint density at radius 3 is 2.39 bits per heavy atom. The highest BCUT2D eigenvalue weighted by atomic mass is 19.2. The Kier molecular flexibility index (Phi) is 5.35. The quantitative estimate of drug-likeness (QED) is 0.510. The smallest absolute Gasteiger partial charge is 0.276 e. The number of aromatic nitrogens is 2. The van der Waals surface area contributed by atoms with Crippen LogP contribution in [0.4, 0.5) is 30.4 Å². The Labute approximate surface area is 157 Å².